The van der Waals surface area contributed by atoms with Crippen LogP contribution in [-0.4, -0.2) is 4.98 Å². The predicted molar refractivity (Wildman–Crippen MR) is 88.6 cm³/mol. The molecule has 2 nitrogen and oxygen atoms in total. The molecule has 0 radical (unpaired) electrons. The van der Waals surface area contributed by atoms with Crippen LogP contribution in [0.25, 0.3) is 10.9 Å². The average Bonchev–Trinajstić information content (AvgIpc) is 2.47. The Morgan fingerprint density at radius 2 is 1.90 bits per heavy atom. The number of halogens is 1. The second kappa shape index (κ2) is 5.84. The van der Waals surface area contributed by atoms with Crippen LogP contribution in [0, 0.1) is 6.92 Å². The highest BCUT2D eigenvalue weighted by atomic mass is 35.5. The van der Waals surface area contributed by atoms with E-state index in [1.807, 2.05) is 49.4 Å². The zero-order valence-corrected chi connectivity index (χ0v) is 12.6. The largest absolute Gasteiger partial charge is 0.324 e. The lowest BCUT2D eigenvalue weighted by molar-refractivity contribution is 0.709. The van der Waals surface area contributed by atoms with Gasteiger partial charge in [-0.2, -0.15) is 0 Å². The van der Waals surface area contributed by atoms with Gasteiger partial charge in [0.15, 0.2) is 0 Å². The molecule has 3 rings (SSSR count). The molecule has 3 heteroatoms. The molecule has 0 aliphatic carbocycles. The van der Waals surface area contributed by atoms with Gasteiger partial charge in [-0.25, -0.2) is 0 Å². The summed E-state index contributed by atoms with van der Waals surface area (Å²) in [5.41, 5.74) is 10.4. The fourth-order valence-corrected chi connectivity index (χ4v) is 2.87. The van der Waals surface area contributed by atoms with E-state index in [0.29, 0.717) is 6.42 Å². The molecule has 0 bridgehead atoms. The molecule has 2 aromatic carbocycles. The van der Waals surface area contributed by atoms with Gasteiger partial charge in [-0.3, -0.25) is 4.98 Å². The Bertz CT molecular complexity index is 783. The maximum Gasteiger partial charge on any atom is 0.0705 e. The van der Waals surface area contributed by atoms with Gasteiger partial charge in [-0.15, -0.1) is 0 Å². The summed E-state index contributed by atoms with van der Waals surface area (Å²) in [4.78, 5) is 4.66. The van der Waals surface area contributed by atoms with Gasteiger partial charge < -0.3 is 5.73 Å². The predicted octanol–water partition coefficient (Wildman–Crippen LogP) is 4.44. The molecule has 0 saturated carbocycles. The third kappa shape index (κ3) is 3.07. The zero-order valence-electron chi connectivity index (χ0n) is 11.9. The van der Waals surface area contributed by atoms with Crippen LogP contribution in [0.2, 0.25) is 5.02 Å². The number of nitrogens with two attached hydrogens (primary N) is 1. The van der Waals surface area contributed by atoms with Crippen LogP contribution < -0.4 is 5.73 Å². The maximum atomic E-state index is 6.30. The smallest absolute Gasteiger partial charge is 0.0705 e. The highest BCUT2D eigenvalue weighted by molar-refractivity contribution is 6.31. The van der Waals surface area contributed by atoms with Crippen molar-refractivity contribution in [1.82, 2.24) is 4.98 Å². The van der Waals surface area contributed by atoms with Crippen molar-refractivity contribution in [2.24, 2.45) is 5.73 Å². The lowest BCUT2D eigenvalue weighted by Crippen LogP contribution is -2.14. The summed E-state index contributed by atoms with van der Waals surface area (Å²) in [6, 6.07) is 18.0. The minimum absolute atomic E-state index is 0.147. The van der Waals surface area contributed by atoms with E-state index in [1.165, 1.54) is 0 Å². The number of benzene rings is 2. The van der Waals surface area contributed by atoms with Gasteiger partial charge in [-0.05, 0) is 36.2 Å². The van der Waals surface area contributed by atoms with Crippen molar-refractivity contribution in [3.05, 3.63) is 76.4 Å². The Balaban J connectivity index is 1.87. The Morgan fingerprint density at radius 1 is 1.10 bits per heavy atom. The first-order valence-electron chi connectivity index (χ1n) is 7.00. The van der Waals surface area contributed by atoms with Gasteiger partial charge in [0.05, 0.1) is 5.52 Å². The fourth-order valence-electron chi connectivity index (χ4n) is 2.49. The number of pyridine rings is 1. The molecule has 2 N–H and O–H groups in total. The molecule has 0 fully saturated rings. The van der Waals surface area contributed by atoms with Crippen LogP contribution in [0.15, 0.2) is 54.6 Å². The van der Waals surface area contributed by atoms with Gasteiger partial charge in [-0.1, -0.05) is 48.0 Å². The van der Waals surface area contributed by atoms with E-state index in [2.05, 4.69) is 17.1 Å². The van der Waals surface area contributed by atoms with E-state index in [1.54, 1.807) is 0 Å². The van der Waals surface area contributed by atoms with Gasteiger partial charge in [0, 0.05) is 28.6 Å². The summed E-state index contributed by atoms with van der Waals surface area (Å²) < 4.78 is 0. The number of aromatic nitrogens is 1. The number of hydrogen-bond donors (Lipinski definition) is 1. The van der Waals surface area contributed by atoms with Crippen LogP contribution in [0.3, 0.4) is 0 Å². The molecule has 1 atom stereocenters. The Hall–Kier alpha value is -1.90. The first-order chi connectivity index (χ1) is 10.1. The van der Waals surface area contributed by atoms with Gasteiger partial charge >= 0.3 is 0 Å². The highest BCUT2D eigenvalue weighted by Gasteiger charge is 2.12. The summed E-state index contributed by atoms with van der Waals surface area (Å²) in [7, 11) is 0. The van der Waals surface area contributed by atoms with Crippen molar-refractivity contribution >= 4 is 22.5 Å². The first kappa shape index (κ1) is 14.1. The Kier molecular flexibility index (Phi) is 3.91. The van der Waals surface area contributed by atoms with E-state index in [-0.39, 0.29) is 6.04 Å². The minimum Gasteiger partial charge on any atom is -0.324 e. The summed E-state index contributed by atoms with van der Waals surface area (Å²) in [6.45, 7) is 2.02. The van der Waals surface area contributed by atoms with Crippen molar-refractivity contribution in [3.63, 3.8) is 0 Å². The standard InChI is InChI=1S/C18H17ClN2/c1-12-6-9-15(16(19)10-12)17(20)11-14-8-7-13-4-2-3-5-18(13)21-14/h2-10,17H,11,20H2,1H3. The first-order valence-corrected chi connectivity index (χ1v) is 7.37. The number of fused-ring (bicyclic) bond motifs is 1. The van der Waals surface area contributed by atoms with Crippen LogP contribution in [0.1, 0.15) is 22.9 Å². The second-order valence-electron chi connectivity index (χ2n) is 5.33. The van der Waals surface area contributed by atoms with Crippen molar-refractivity contribution < 1.29 is 0 Å². The molecule has 0 aliphatic rings. The lowest BCUT2D eigenvalue weighted by Gasteiger charge is -2.14. The monoisotopic (exact) mass is 296 g/mol. The molecular weight excluding hydrogens is 280 g/mol. The van der Waals surface area contributed by atoms with Crippen LogP contribution in [0.5, 0.6) is 0 Å². The van der Waals surface area contributed by atoms with Crippen LogP contribution >= 0.6 is 11.6 Å². The molecule has 0 amide bonds. The SMILES string of the molecule is Cc1ccc(C(N)Cc2ccc3ccccc3n2)c(Cl)c1. The van der Waals surface area contributed by atoms with Gasteiger partial charge in [0.25, 0.3) is 0 Å². The third-order valence-electron chi connectivity index (χ3n) is 3.64. The number of aryl methyl sites for hydroxylation is 1. The molecule has 0 spiro atoms. The van der Waals surface area contributed by atoms with E-state index in [0.717, 1.165) is 32.7 Å². The molecular formula is C18H17ClN2. The third-order valence-corrected chi connectivity index (χ3v) is 3.97. The zero-order chi connectivity index (χ0) is 14.8. The molecule has 1 aromatic heterocycles. The Morgan fingerprint density at radius 3 is 2.71 bits per heavy atom. The molecule has 0 saturated heterocycles. The normalized spacial score (nSPS) is 12.5. The van der Waals surface area contributed by atoms with Crippen LogP contribution in [-0.2, 0) is 6.42 Å². The molecule has 0 aliphatic heterocycles. The molecule has 21 heavy (non-hydrogen) atoms. The average molecular weight is 297 g/mol. The minimum atomic E-state index is -0.147. The Labute approximate surface area is 129 Å². The quantitative estimate of drug-likeness (QED) is 0.776. The topological polar surface area (TPSA) is 38.9 Å². The van der Waals surface area contributed by atoms with E-state index in [9.17, 15) is 0 Å². The van der Waals surface area contributed by atoms with Crippen molar-refractivity contribution in [2.45, 2.75) is 19.4 Å². The number of para-hydroxylation sites is 1. The lowest BCUT2D eigenvalue weighted by atomic mass is 10.0. The molecule has 1 heterocycles. The van der Waals surface area contributed by atoms with Crippen molar-refractivity contribution in [2.75, 3.05) is 0 Å². The molecule has 106 valence electrons. The summed E-state index contributed by atoms with van der Waals surface area (Å²) in [5.74, 6) is 0. The van der Waals surface area contributed by atoms with E-state index in [4.69, 9.17) is 17.3 Å². The molecule has 1 unspecified atom stereocenters. The second-order valence-corrected chi connectivity index (χ2v) is 5.74. The fraction of sp³-hybridized carbons (Fsp3) is 0.167. The number of nitrogens with zero attached hydrogens (tertiary/aromatic N) is 1. The highest BCUT2D eigenvalue weighted by Crippen LogP contribution is 2.25. The number of hydrogen-bond acceptors (Lipinski definition) is 2. The van der Waals surface area contributed by atoms with Crippen molar-refractivity contribution in [3.8, 4) is 0 Å². The van der Waals surface area contributed by atoms with Gasteiger partial charge in [0.2, 0.25) is 0 Å². The molecule has 3 aromatic rings. The maximum absolute atomic E-state index is 6.30. The van der Waals surface area contributed by atoms with Crippen molar-refractivity contribution in [1.29, 1.82) is 0 Å². The van der Waals surface area contributed by atoms with E-state index >= 15 is 0 Å². The summed E-state index contributed by atoms with van der Waals surface area (Å²) in [6.07, 6.45) is 0.674. The van der Waals surface area contributed by atoms with E-state index < -0.39 is 0 Å². The summed E-state index contributed by atoms with van der Waals surface area (Å²) >= 11 is 6.29. The van der Waals surface area contributed by atoms with Crippen LogP contribution in [0.4, 0.5) is 0 Å². The number of rotatable bonds is 3. The van der Waals surface area contributed by atoms with Gasteiger partial charge in [0.1, 0.15) is 0 Å². The summed E-state index contributed by atoms with van der Waals surface area (Å²) in [5, 5.41) is 1.87.